The Kier molecular flexibility index (Phi) is 3.96. The summed E-state index contributed by atoms with van der Waals surface area (Å²) >= 11 is 7.13. The van der Waals surface area contributed by atoms with Gasteiger partial charge in [0.1, 0.15) is 16.5 Å². The van der Waals surface area contributed by atoms with E-state index in [-0.39, 0.29) is 10.9 Å². The zero-order chi connectivity index (χ0) is 17.7. The molecule has 1 saturated carbocycles. The predicted octanol–water partition coefficient (Wildman–Crippen LogP) is 5.23. The van der Waals surface area contributed by atoms with Crippen molar-refractivity contribution < 1.29 is 9.18 Å². The number of nitrogens with one attached hydrogen (secondary N) is 1. The van der Waals surface area contributed by atoms with Gasteiger partial charge < -0.3 is 5.32 Å². The Morgan fingerprint density at radius 1 is 1.32 bits per heavy atom. The molecule has 25 heavy (non-hydrogen) atoms. The number of hydrogen-bond donors (Lipinski definition) is 1. The van der Waals surface area contributed by atoms with Crippen molar-refractivity contribution >= 4 is 44.7 Å². The number of halogens is 2. The topological polar surface area (TPSA) is 54.9 Å². The van der Waals surface area contributed by atoms with Crippen LogP contribution in [0.15, 0.2) is 18.2 Å². The van der Waals surface area contributed by atoms with Crippen molar-refractivity contribution in [3.8, 4) is 0 Å². The minimum Gasteiger partial charge on any atom is -0.321 e. The van der Waals surface area contributed by atoms with Crippen molar-refractivity contribution in [1.82, 2.24) is 9.97 Å². The lowest BCUT2D eigenvalue weighted by molar-refractivity contribution is 0.103. The number of carbonyl (C=O) groups is 1. The first-order valence-electron chi connectivity index (χ1n) is 7.98. The summed E-state index contributed by atoms with van der Waals surface area (Å²) in [4.78, 5) is 23.3. The van der Waals surface area contributed by atoms with Gasteiger partial charge in [0, 0.05) is 17.0 Å². The molecular formula is C18H15ClFN3OS. The van der Waals surface area contributed by atoms with E-state index in [1.54, 1.807) is 0 Å². The quantitative estimate of drug-likeness (QED) is 0.681. The smallest absolute Gasteiger partial charge is 0.266 e. The summed E-state index contributed by atoms with van der Waals surface area (Å²) in [5, 5.41) is 3.68. The van der Waals surface area contributed by atoms with Crippen molar-refractivity contribution in [3.63, 3.8) is 0 Å². The molecule has 0 bridgehead atoms. The van der Waals surface area contributed by atoms with Gasteiger partial charge in [0.15, 0.2) is 0 Å². The molecule has 4 rings (SSSR count). The van der Waals surface area contributed by atoms with Crippen LogP contribution in [0.5, 0.6) is 0 Å². The average Bonchev–Trinajstić information content (AvgIpc) is 3.35. The monoisotopic (exact) mass is 375 g/mol. The molecule has 128 valence electrons. The normalized spacial score (nSPS) is 14.1. The highest BCUT2D eigenvalue weighted by Gasteiger charge is 2.28. The first-order chi connectivity index (χ1) is 11.9. The first-order valence-corrected chi connectivity index (χ1v) is 9.17. The van der Waals surface area contributed by atoms with Crippen molar-refractivity contribution in [2.45, 2.75) is 32.6 Å². The molecule has 7 heteroatoms. The zero-order valence-corrected chi connectivity index (χ0v) is 15.3. The van der Waals surface area contributed by atoms with E-state index in [4.69, 9.17) is 11.6 Å². The first kappa shape index (κ1) is 16.4. The van der Waals surface area contributed by atoms with Crippen LogP contribution in [0.4, 0.5) is 10.1 Å². The van der Waals surface area contributed by atoms with Gasteiger partial charge >= 0.3 is 0 Å². The third kappa shape index (κ3) is 3.00. The molecule has 0 atom stereocenters. The van der Waals surface area contributed by atoms with E-state index >= 15 is 0 Å². The summed E-state index contributed by atoms with van der Waals surface area (Å²) in [7, 11) is 0. The summed E-state index contributed by atoms with van der Waals surface area (Å²) in [6.45, 7) is 3.86. The fourth-order valence-corrected chi connectivity index (χ4v) is 4.18. The average molecular weight is 376 g/mol. The largest absolute Gasteiger partial charge is 0.321 e. The Hall–Kier alpha value is -2.05. The lowest BCUT2D eigenvalue weighted by Crippen LogP contribution is -2.11. The van der Waals surface area contributed by atoms with Crippen LogP contribution in [0.1, 0.15) is 45.5 Å². The van der Waals surface area contributed by atoms with Crippen LogP contribution in [0.2, 0.25) is 5.02 Å². The summed E-state index contributed by atoms with van der Waals surface area (Å²) in [6, 6.07) is 4.11. The van der Waals surface area contributed by atoms with Gasteiger partial charge in [-0.3, -0.25) is 4.79 Å². The fourth-order valence-electron chi connectivity index (χ4n) is 2.86. The Morgan fingerprint density at radius 3 is 2.76 bits per heavy atom. The Balaban J connectivity index is 1.70. The number of aromatic nitrogens is 2. The number of hydrogen-bond acceptors (Lipinski definition) is 4. The molecular weight excluding hydrogens is 361 g/mol. The lowest BCUT2D eigenvalue weighted by Gasteiger charge is -2.05. The van der Waals surface area contributed by atoms with E-state index in [0.29, 0.717) is 16.5 Å². The maximum Gasteiger partial charge on any atom is 0.266 e. The number of thiophene rings is 1. The summed E-state index contributed by atoms with van der Waals surface area (Å²) < 4.78 is 13.3. The van der Waals surface area contributed by atoms with Gasteiger partial charge in [0.05, 0.1) is 15.6 Å². The van der Waals surface area contributed by atoms with E-state index in [2.05, 4.69) is 15.3 Å². The van der Waals surface area contributed by atoms with Crippen LogP contribution >= 0.6 is 22.9 Å². The van der Waals surface area contributed by atoms with Gasteiger partial charge in [-0.25, -0.2) is 14.4 Å². The summed E-state index contributed by atoms with van der Waals surface area (Å²) in [5.74, 6) is 0.569. The number of aryl methyl sites for hydroxylation is 2. The van der Waals surface area contributed by atoms with E-state index in [9.17, 15) is 9.18 Å². The van der Waals surface area contributed by atoms with Crippen LogP contribution in [0.25, 0.3) is 10.2 Å². The third-order valence-corrected chi connectivity index (χ3v) is 5.79. The Morgan fingerprint density at radius 2 is 2.08 bits per heavy atom. The Bertz CT molecular complexity index is 1010. The minimum atomic E-state index is -0.517. The van der Waals surface area contributed by atoms with Gasteiger partial charge in [-0.05, 0) is 50.5 Å². The van der Waals surface area contributed by atoms with Crippen molar-refractivity contribution in [3.05, 3.63) is 51.0 Å². The molecule has 1 amide bonds. The highest BCUT2D eigenvalue weighted by Crippen LogP contribution is 2.40. The number of fused-ring (bicyclic) bond motifs is 1. The second kappa shape index (κ2) is 6.04. The molecule has 0 unspecified atom stereocenters. The molecule has 4 nitrogen and oxygen atoms in total. The molecule has 1 aliphatic rings. The number of amides is 1. The number of rotatable bonds is 3. The van der Waals surface area contributed by atoms with Crippen molar-refractivity contribution in [2.75, 3.05) is 5.32 Å². The highest BCUT2D eigenvalue weighted by molar-refractivity contribution is 7.20. The van der Waals surface area contributed by atoms with Gasteiger partial charge in [-0.2, -0.15) is 0 Å². The van der Waals surface area contributed by atoms with E-state index in [1.807, 2.05) is 13.8 Å². The molecule has 3 aromatic rings. The summed E-state index contributed by atoms with van der Waals surface area (Å²) in [6.07, 6.45) is 2.27. The number of carbonyl (C=O) groups excluding carboxylic acids is 1. The molecule has 1 aromatic carbocycles. The molecule has 2 aromatic heterocycles. The molecule has 1 N–H and O–H groups in total. The molecule has 0 radical (unpaired) electrons. The number of nitrogens with zero attached hydrogens (tertiary/aromatic N) is 2. The molecule has 2 heterocycles. The molecule has 0 saturated heterocycles. The van der Waals surface area contributed by atoms with Gasteiger partial charge in [-0.1, -0.05) is 11.6 Å². The highest BCUT2D eigenvalue weighted by atomic mass is 35.5. The zero-order valence-electron chi connectivity index (χ0n) is 13.7. The summed E-state index contributed by atoms with van der Waals surface area (Å²) in [5.41, 5.74) is 2.23. The fraction of sp³-hybridized carbons (Fsp3) is 0.278. The molecule has 1 aliphatic carbocycles. The Labute approximate surface area is 153 Å². The lowest BCUT2D eigenvalue weighted by atomic mass is 10.1. The van der Waals surface area contributed by atoms with E-state index in [0.717, 1.165) is 40.1 Å². The maximum atomic E-state index is 13.3. The van der Waals surface area contributed by atoms with Crippen LogP contribution in [0, 0.1) is 19.7 Å². The second-order valence-electron chi connectivity index (χ2n) is 6.26. The standard InChI is InChI=1S/C18H15ClFN3OS/c1-8-14-9(2)21-16(10-3-4-10)23-18(14)25-15(8)17(24)22-11-5-6-13(20)12(19)7-11/h5-7,10H,3-4H2,1-2H3,(H,22,24). The second-order valence-corrected chi connectivity index (χ2v) is 7.67. The van der Waals surface area contributed by atoms with Gasteiger partial charge in [-0.15, -0.1) is 11.3 Å². The van der Waals surface area contributed by atoms with Crippen LogP contribution in [-0.2, 0) is 0 Å². The number of benzene rings is 1. The molecule has 0 spiro atoms. The maximum absolute atomic E-state index is 13.3. The van der Waals surface area contributed by atoms with Crippen molar-refractivity contribution in [1.29, 1.82) is 0 Å². The van der Waals surface area contributed by atoms with Crippen LogP contribution < -0.4 is 5.32 Å². The third-order valence-electron chi connectivity index (χ3n) is 4.31. The SMILES string of the molecule is Cc1nc(C2CC2)nc2sc(C(=O)Nc3ccc(F)c(Cl)c3)c(C)c12. The molecule has 0 aliphatic heterocycles. The van der Waals surface area contributed by atoms with Crippen molar-refractivity contribution in [2.24, 2.45) is 0 Å². The van der Waals surface area contributed by atoms with Gasteiger partial charge in [0.25, 0.3) is 5.91 Å². The van der Waals surface area contributed by atoms with E-state index in [1.165, 1.54) is 29.5 Å². The van der Waals surface area contributed by atoms with Gasteiger partial charge in [0.2, 0.25) is 0 Å². The predicted molar refractivity (Wildman–Crippen MR) is 98.2 cm³/mol. The van der Waals surface area contributed by atoms with Crippen LogP contribution in [0.3, 0.4) is 0 Å². The molecule has 1 fully saturated rings. The van der Waals surface area contributed by atoms with E-state index < -0.39 is 5.82 Å². The minimum absolute atomic E-state index is 0.0263. The number of anilines is 1. The van der Waals surface area contributed by atoms with Crippen LogP contribution in [-0.4, -0.2) is 15.9 Å².